The number of hydrogen-bond donors (Lipinski definition) is 0. The van der Waals surface area contributed by atoms with Crippen LogP contribution in [-0.2, 0) is 0 Å². The highest BCUT2D eigenvalue weighted by Crippen LogP contribution is 2.26. The summed E-state index contributed by atoms with van der Waals surface area (Å²) in [4.78, 5) is 0. The highest BCUT2D eigenvalue weighted by atomic mass is 14.2. The Labute approximate surface area is 115 Å². The van der Waals surface area contributed by atoms with E-state index in [9.17, 15) is 0 Å². The van der Waals surface area contributed by atoms with Crippen LogP contribution in [-0.4, -0.2) is 0 Å². The fourth-order valence-corrected chi connectivity index (χ4v) is 2.07. The highest BCUT2D eigenvalue weighted by molar-refractivity contribution is 4.99. The molecule has 0 nitrogen and oxygen atoms in total. The minimum absolute atomic E-state index is 0.768. The molecule has 0 N–H and O–H groups in total. The van der Waals surface area contributed by atoms with Gasteiger partial charge in [-0.1, -0.05) is 57.2 Å². The summed E-state index contributed by atoms with van der Waals surface area (Å²) in [6, 6.07) is 0. The monoisotopic (exact) mass is 248 g/mol. The summed E-state index contributed by atoms with van der Waals surface area (Å²) in [7, 11) is 0. The first-order chi connectivity index (χ1) is 8.53. The van der Waals surface area contributed by atoms with Gasteiger partial charge in [-0.2, -0.15) is 0 Å². The number of rotatable bonds is 11. The molecule has 0 aliphatic heterocycles. The minimum Gasteiger partial charge on any atom is -0.0999 e. The van der Waals surface area contributed by atoms with E-state index < -0.39 is 0 Å². The third-order valence-electron chi connectivity index (χ3n) is 3.89. The molecule has 18 heavy (non-hydrogen) atoms. The summed E-state index contributed by atoms with van der Waals surface area (Å²) in [5.41, 5.74) is 4.16. The van der Waals surface area contributed by atoms with Gasteiger partial charge in [-0.15, -0.1) is 0 Å². The average molecular weight is 248 g/mol. The Bertz CT molecular complexity index is 250. The summed E-state index contributed by atoms with van der Waals surface area (Å²) in [6.07, 6.45) is 9.41. The van der Waals surface area contributed by atoms with Crippen LogP contribution in [0.1, 0.15) is 72.1 Å². The molecule has 0 spiro atoms. The topological polar surface area (TPSA) is 0 Å². The molecule has 0 saturated carbocycles. The molecule has 0 unspecified atom stereocenters. The van der Waals surface area contributed by atoms with Crippen LogP contribution >= 0.6 is 0 Å². The van der Waals surface area contributed by atoms with Crippen molar-refractivity contribution in [2.75, 3.05) is 0 Å². The first-order valence-electron chi connectivity index (χ1n) is 7.53. The van der Waals surface area contributed by atoms with Crippen LogP contribution in [0.4, 0.5) is 0 Å². The molecule has 0 fully saturated rings. The standard InChI is InChI=1S/C18H32/c1-7-15(4)10-12-18(14-17(6)9-3)13-11-16(5)8-2/h18H,4-14H2,1-3H3. The third-order valence-corrected chi connectivity index (χ3v) is 3.89. The molecule has 0 amide bonds. The zero-order valence-electron chi connectivity index (χ0n) is 12.9. The van der Waals surface area contributed by atoms with Crippen LogP contribution < -0.4 is 0 Å². The van der Waals surface area contributed by atoms with E-state index in [1.54, 1.807) is 0 Å². The lowest BCUT2D eigenvalue weighted by Gasteiger charge is -2.18. The van der Waals surface area contributed by atoms with E-state index in [4.69, 9.17) is 0 Å². The number of hydrogen-bond acceptors (Lipinski definition) is 0. The van der Waals surface area contributed by atoms with Gasteiger partial charge in [0.1, 0.15) is 0 Å². The van der Waals surface area contributed by atoms with E-state index in [2.05, 4.69) is 40.5 Å². The van der Waals surface area contributed by atoms with Gasteiger partial charge in [0, 0.05) is 0 Å². The van der Waals surface area contributed by atoms with Gasteiger partial charge in [0.2, 0.25) is 0 Å². The van der Waals surface area contributed by atoms with Gasteiger partial charge in [-0.3, -0.25) is 0 Å². The van der Waals surface area contributed by atoms with Gasteiger partial charge < -0.3 is 0 Å². The van der Waals surface area contributed by atoms with Crippen LogP contribution in [0, 0.1) is 5.92 Å². The Kier molecular flexibility index (Phi) is 9.73. The predicted molar refractivity (Wildman–Crippen MR) is 84.9 cm³/mol. The lowest BCUT2D eigenvalue weighted by molar-refractivity contribution is 0.439. The van der Waals surface area contributed by atoms with Crippen LogP contribution in [0.25, 0.3) is 0 Å². The normalized spacial score (nSPS) is 10.7. The molecule has 0 aromatic rings. The summed E-state index contributed by atoms with van der Waals surface area (Å²) in [5, 5.41) is 0. The van der Waals surface area contributed by atoms with Gasteiger partial charge >= 0.3 is 0 Å². The molecule has 0 bridgehead atoms. The van der Waals surface area contributed by atoms with E-state index in [0.29, 0.717) is 0 Å². The van der Waals surface area contributed by atoms with Gasteiger partial charge in [0.05, 0.1) is 0 Å². The van der Waals surface area contributed by atoms with Crippen molar-refractivity contribution in [3.63, 3.8) is 0 Å². The van der Waals surface area contributed by atoms with E-state index in [1.165, 1.54) is 48.8 Å². The van der Waals surface area contributed by atoms with Crippen molar-refractivity contribution in [1.82, 2.24) is 0 Å². The second kappa shape index (κ2) is 10.2. The second-order valence-electron chi connectivity index (χ2n) is 5.46. The first-order valence-corrected chi connectivity index (χ1v) is 7.53. The Morgan fingerprint density at radius 1 is 0.722 bits per heavy atom. The summed E-state index contributed by atoms with van der Waals surface area (Å²) in [5.74, 6) is 0.768. The van der Waals surface area contributed by atoms with E-state index in [0.717, 1.165) is 25.2 Å². The van der Waals surface area contributed by atoms with Crippen molar-refractivity contribution < 1.29 is 0 Å². The third kappa shape index (κ3) is 8.33. The zero-order chi connectivity index (χ0) is 14.0. The molecule has 0 saturated heterocycles. The van der Waals surface area contributed by atoms with Crippen LogP contribution in [0.3, 0.4) is 0 Å². The Balaban J connectivity index is 4.19. The fraction of sp³-hybridized carbons (Fsp3) is 0.667. The molecule has 0 heterocycles. The van der Waals surface area contributed by atoms with Crippen LogP contribution in [0.15, 0.2) is 36.5 Å². The van der Waals surface area contributed by atoms with Crippen LogP contribution in [0.2, 0.25) is 0 Å². The quantitative estimate of drug-likeness (QED) is 0.368. The number of allylic oxidation sites excluding steroid dienone is 3. The smallest absolute Gasteiger partial charge is 0.0294 e. The first kappa shape index (κ1) is 17.2. The molecule has 0 aromatic heterocycles. The van der Waals surface area contributed by atoms with Crippen molar-refractivity contribution in [3.8, 4) is 0 Å². The zero-order valence-corrected chi connectivity index (χ0v) is 12.9. The molecular formula is C18H32. The van der Waals surface area contributed by atoms with Gasteiger partial charge in [-0.05, 0) is 57.3 Å². The molecule has 0 aliphatic carbocycles. The largest absolute Gasteiger partial charge is 0.0999 e. The van der Waals surface area contributed by atoms with Crippen molar-refractivity contribution in [3.05, 3.63) is 36.5 Å². The molecule has 0 rings (SSSR count). The molecule has 0 aliphatic rings. The summed E-state index contributed by atoms with van der Waals surface area (Å²) >= 11 is 0. The highest BCUT2D eigenvalue weighted by Gasteiger charge is 2.10. The van der Waals surface area contributed by atoms with E-state index >= 15 is 0 Å². The van der Waals surface area contributed by atoms with E-state index in [1.807, 2.05) is 0 Å². The van der Waals surface area contributed by atoms with Crippen molar-refractivity contribution in [2.24, 2.45) is 5.92 Å². The minimum atomic E-state index is 0.768. The van der Waals surface area contributed by atoms with Crippen molar-refractivity contribution in [1.29, 1.82) is 0 Å². The lowest BCUT2D eigenvalue weighted by Crippen LogP contribution is -2.03. The molecule has 0 atom stereocenters. The molecule has 104 valence electrons. The molecular weight excluding hydrogens is 216 g/mol. The summed E-state index contributed by atoms with van der Waals surface area (Å²) in [6.45, 7) is 19.0. The van der Waals surface area contributed by atoms with Crippen molar-refractivity contribution in [2.45, 2.75) is 72.1 Å². The Morgan fingerprint density at radius 3 is 1.44 bits per heavy atom. The average Bonchev–Trinajstić information content (AvgIpc) is 2.40. The molecule has 0 aromatic carbocycles. The lowest BCUT2D eigenvalue weighted by atomic mass is 9.87. The Morgan fingerprint density at radius 2 is 1.11 bits per heavy atom. The van der Waals surface area contributed by atoms with Gasteiger partial charge in [-0.25, -0.2) is 0 Å². The maximum atomic E-state index is 4.16. The Hall–Kier alpha value is -0.780. The van der Waals surface area contributed by atoms with Crippen LogP contribution in [0.5, 0.6) is 0 Å². The molecule has 0 heteroatoms. The maximum absolute atomic E-state index is 4.16. The summed E-state index contributed by atoms with van der Waals surface area (Å²) < 4.78 is 0. The van der Waals surface area contributed by atoms with Gasteiger partial charge in [0.25, 0.3) is 0 Å². The maximum Gasteiger partial charge on any atom is -0.0294 e. The van der Waals surface area contributed by atoms with E-state index in [-0.39, 0.29) is 0 Å². The second-order valence-corrected chi connectivity index (χ2v) is 5.46. The predicted octanol–water partition coefficient (Wildman–Crippen LogP) is 6.45. The fourth-order valence-electron chi connectivity index (χ4n) is 2.07. The SMILES string of the molecule is C=C(CC)CCC(CCC(=C)CC)CC(=C)CC. The van der Waals surface area contributed by atoms with Crippen molar-refractivity contribution >= 4 is 0 Å². The van der Waals surface area contributed by atoms with Gasteiger partial charge in [0.15, 0.2) is 0 Å². The molecule has 0 radical (unpaired) electrons.